The van der Waals surface area contributed by atoms with Gasteiger partial charge in [0.2, 0.25) is 5.78 Å². The minimum atomic E-state index is -0.700. The normalized spacial score (nSPS) is 18.4. The van der Waals surface area contributed by atoms with Gasteiger partial charge in [-0.3, -0.25) is 14.6 Å². The van der Waals surface area contributed by atoms with E-state index in [0.29, 0.717) is 18.0 Å². The van der Waals surface area contributed by atoms with Crippen molar-refractivity contribution >= 4 is 17.4 Å². The van der Waals surface area contributed by atoms with E-state index in [1.54, 1.807) is 17.0 Å². The quantitative estimate of drug-likeness (QED) is 0.397. The molecule has 31 heavy (non-hydrogen) atoms. The van der Waals surface area contributed by atoms with Crippen molar-refractivity contribution in [1.29, 1.82) is 0 Å². The maximum Gasteiger partial charge on any atom is 0.295 e. The van der Waals surface area contributed by atoms with Crippen LogP contribution in [0.2, 0.25) is 0 Å². The summed E-state index contributed by atoms with van der Waals surface area (Å²) in [4.78, 5) is 32.8. The van der Waals surface area contributed by atoms with E-state index in [-0.39, 0.29) is 5.57 Å². The van der Waals surface area contributed by atoms with Crippen molar-refractivity contribution in [3.8, 4) is 0 Å². The molecule has 1 aliphatic rings. The molecule has 1 fully saturated rings. The molecule has 1 amide bonds. The molecule has 0 aliphatic carbocycles. The van der Waals surface area contributed by atoms with Gasteiger partial charge in [-0.25, -0.2) is 0 Å². The number of quaternary nitrogens is 1. The maximum atomic E-state index is 13.3. The Bertz CT molecular complexity index is 948. The Morgan fingerprint density at radius 3 is 2.23 bits per heavy atom. The van der Waals surface area contributed by atoms with E-state index in [0.717, 1.165) is 25.2 Å². The number of benzene rings is 1. The molecule has 164 valence electrons. The second-order valence-corrected chi connectivity index (χ2v) is 8.24. The second-order valence-electron chi connectivity index (χ2n) is 8.24. The van der Waals surface area contributed by atoms with Crippen molar-refractivity contribution in [2.75, 3.05) is 26.2 Å². The highest BCUT2D eigenvalue weighted by Crippen LogP contribution is 2.38. The first kappa shape index (κ1) is 22.7. The van der Waals surface area contributed by atoms with Gasteiger partial charge in [0.1, 0.15) is 0 Å². The zero-order chi connectivity index (χ0) is 22.5. The zero-order valence-electron chi connectivity index (χ0n) is 18.7. The summed E-state index contributed by atoms with van der Waals surface area (Å²) in [6.45, 7) is 11.4. The number of ketones is 1. The Hall–Kier alpha value is -2.99. The van der Waals surface area contributed by atoms with Crippen LogP contribution in [0.15, 0.2) is 54.4 Å². The number of aromatic nitrogens is 1. The summed E-state index contributed by atoms with van der Waals surface area (Å²) in [7, 11) is 0. The lowest BCUT2D eigenvalue weighted by Gasteiger charge is -2.28. The molecule has 0 spiro atoms. The number of nitrogens with zero attached hydrogens (tertiary/aromatic N) is 2. The lowest BCUT2D eigenvalue weighted by molar-refractivity contribution is -0.895. The van der Waals surface area contributed by atoms with Gasteiger partial charge in [0, 0.05) is 18.0 Å². The van der Waals surface area contributed by atoms with Crippen LogP contribution in [0, 0.1) is 0 Å². The minimum absolute atomic E-state index is 0.0306. The number of likely N-dealkylation sites (tertiary alicyclic amines) is 1. The van der Waals surface area contributed by atoms with Gasteiger partial charge < -0.3 is 14.9 Å². The van der Waals surface area contributed by atoms with Crippen molar-refractivity contribution in [2.45, 2.75) is 39.7 Å². The van der Waals surface area contributed by atoms with E-state index in [1.807, 2.05) is 24.3 Å². The summed E-state index contributed by atoms with van der Waals surface area (Å²) in [5.41, 5.74) is 2.35. The van der Waals surface area contributed by atoms with Crippen LogP contribution in [0.1, 0.15) is 56.3 Å². The van der Waals surface area contributed by atoms with E-state index in [2.05, 4.69) is 32.7 Å². The van der Waals surface area contributed by atoms with Crippen LogP contribution in [0.25, 0.3) is 5.76 Å². The molecule has 0 saturated carbocycles. The summed E-state index contributed by atoms with van der Waals surface area (Å²) in [5, 5.41) is 13.3. The predicted octanol–water partition coefficient (Wildman–Crippen LogP) is 1.35. The fourth-order valence-electron chi connectivity index (χ4n) is 4.05. The molecule has 6 nitrogen and oxygen atoms in total. The summed E-state index contributed by atoms with van der Waals surface area (Å²) in [6, 6.07) is 10.4. The monoisotopic (exact) mass is 421 g/mol. The summed E-state index contributed by atoms with van der Waals surface area (Å²) in [6.07, 6.45) is 3.03. The number of Topliss-reactive ketones (excluding diaryl/α,β-unsaturated/α-hetero) is 1. The lowest BCUT2D eigenvalue weighted by Crippen LogP contribution is -3.12. The van der Waals surface area contributed by atoms with Crippen LogP contribution in [0.3, 0.4) is 0 Å². The van der Waals surface area contributed by atoms with Gasteiger partial charge in [-0.2, -0.15) is 0 Å². The molecule has 0 radical (unpaired) electrons. The fourth-order valence-corrected chi connectivity index (χ4v) is 4.05. The molecule has 2 aromatic rings. The Balaban J connectivity index is 2.08. The average Bonchev–Trinajstić information content (AvgIpc) is 3.04. The van der Waals surface area contributed by atoms with Gasteiger partial charge in [-0.1, -0.05) is 43.9 Å². The maximum absolute atomic E-state index is 13.3. The molecule has 1 aromatic carbocycles. The first-order chi connectivity index (χ1) is 14.9. The molecule has 1 atom stereocenters. The van der Waals surface area contributed by atoms with Crippen molar-refractivity contribution < 1.29 is 19.6 Å². The Kier molecular flexibility index (Phi) is 7.23. The number of hydrogen-bond acceptors (Lipinski definition) is 4. The van der Waals surface area contributed by atoms with Crippen LogP contribution in [-0.4, -0.2) is 47.8 Å². The first-order valence-electron chi connectivity index (χ1n) is 11.0. The predicted molar refractivity (Wildman–Crippen MR) is 118 cm³/mol. The number of rotatable bonds is 8. The second kappa shape index (κ2) is 9.88. The Morgan fingerprint density at radius 1 is 1.06 bits per heavy atom. The van der Waals surface area contributed by atoms with Crippen molar-refractivity contribution in [2.24, 2.45) is 0 Å². The third-order valence-electron chi connectivity index (χ3n) is 6.10. The van der Waals surface area contributed by atoms with Gasteiger partial charge in [0.15, 0.2) is 0 Å². The van der Waals surface area contributed by atoms with E-state index in [1.165, 1.54) is 22.9 Å². The molecule has 2 heterocycles. The number of nitrogens with one attached hydrogen (secondary N) is 1. The van der Waals surface area contributed by atoms with E-state index >= 15 is 0 Å². The van der Waals surface area contributed by atoms with E-state index < -0.39 is 23.5 Å². The van der Waals surface area contributed by atoms with Crippen molar-refractivity contribution in [3.05, 3.63) is 71.1 Å². The van der Waals surface area contributed by atoms with E-state index in [9.17, 15) is 14.7 Å². The van der Waals surface area contributed by atoms with Gasteiger partial charge >= 0.3 is 0 Å². The standard InChI is InChI=1S/C25H31N3O3/c1-5-27(6-2)15-16-28-22(19-9-7-18(8-10-19)17(3)4)21(24(30)25(28)31)23(29)20-11-13-26-14-12-20/h7-14,17,22,29H,5-6,15-16H2,1-4H3. The third kappa shape index (κ3) is 4.69. The molecule has 3 rings (SSSR count). The number of amides is 1. The van der Waals surface area contributed by atoms with Gasteiger partial charge in [0.25, 0.3) is 5.91 Å². The number of likely N-dealkylation sites (N-methyl/N-ethyl adjacent to an activating group) is 1. The minimum Gasteiger partial charge on any atom is -0.872 e. The van der Waals surface area contributed by atoms with Crippen LogP contribution in [-0.2, 0) is 9.59 Å². The lowest BCUT2D eigenvalue weighted by atomic mass is 9.93. The van der Waals surface area contributed by atoms with Gasteiger partial charge in [0.05, 0.1) is 32.2 Å². The number of carbonyl (C=O) groups is 2. The van der Waals surface area contributed by atoms with Crippen LogP contribution in [0.4, 0.5) is 0 Å². The van der Waals surface area contributed by atoms with Crippen molar-refractivity contribution in [3.63, 3.8) is 0 Å². The highest BCUT2D eigenvalue weighted by Gasteiger charge is 2.44. The first-order valence-corrected chi connectivity index (χ1v) is 11.0. The number of carbonyl (C=O) groups excluding carboxylic acids is 2. The third-order valence-corrected chi connectivity index (χ3v) is 6.10. The molecule has 0 bridgehead atoms. The number of pyridine rings is 1. The molecular formula is C25H31N3O3. The summed E-state index contributed by atoms with van der Waals surface area (Å²) < 4.78 is 0. The molecule has 6 heteroatoms. The Morgan fingerprint density at radius 2 is 1.68 bits per heavy atom. The van der Waals surface area contributed by atoms with E-state index in [4.69, 9.17) is 0 Å². The smallest absolute Gasteiger partial charge is 0.295 e. The van der Waals surface area contributed by atoms with Gasteiger partial charge in [-0.15, -0.1) is 0 Å². The average molecular weight is 422 g/mol. The molecule has 1 N–H and O–H groups in total. The SMILES string of the molecule is CC[NH+](CC)CCN1C(=O)C(=O)C(=C([O-])c2ccncc2)C1c1ccc(C(C)C)cc1. The molecule has 1 saturated heterocycles. The molecule has 1 aromatic heterocycles. The van der Waals surface area contributed by atoms with Crippen LogP contribution < -0.4 is 10.0 Å². The van der Waals surface area contributed by atoms with Crippen molar-refractivity contribution in [1.82, 2.24) is 9.88 Å². The summed E-state index contributed by atoms with van der Waals surface area (Å²) >= 11 is 0. The largest absolute Gasteiger partial charge is 0.872 e. The van der Waals surface area contributed by atoms with Crippen LogP contribution in [0.5, 0.6) is 0 Å². The highest BCUT2D eigenvalue weighted by atomic mass is 16.3. The summed E-state index contributed by atoms with van der Waals surface area (Å²) in [5.74, 6) is -1.34. The van der Waals surface area contributed by atoms with Gasteiger partial charge in [-0.05, 0) is 48.6 Å². The molecular weight excluding hydrogens is 390 g/mol. The molecule has 1 aliphatic heterocycles. The molecule has 1 unspecified atom stereocenters. The Labute approximate surface area is 184 Å². The van der Waals surface area contributed by atoms with Crippen LogP contribution >= 0.6 is 0 Å². The zero-order valence-corrected chi connectivity index (χ0v) is 18.7. The highest BCUT2D eigenvalue weighted by molar-refractivity contribution is 6.46. The fraction of sp³-hybridized carbons (Fsp3) is 0.400. The number of hydrogen-bond donors (Lipinski definition) is 1. The topological polar surface area (TPSA) is 77.8 Å².